The molecule has 1 aliphatic heterocycles. The van der Waals surface area contributed by atoms with Gasteiger partial charge in [-0.25, -0.2) is 8.42 Å². The van der Waals surface area contributed by atoms with Crippen molar-refractivity contribution >= 4 is 27.1 Å². The first-order valence-electron chi connectivity index (χ1n) is 9.39. The van der Waals surface area contributed by atoms with E-state index < -0.39 is 14.6 Å². The largest absolute Gasteiger partial charge is 0.280 e. The van der Waals surface area contributed by atoms with Gasteiger partial charge in [-0.1, -0.05) is 23.7 Å². The van der Waals surface area contributed by atoms with Gasteiger partial charge in [0.25, 0.3) is 0 Å². The van der Waals surface area contributed by atoms with Crippen molar-refractivity contribution in [2.45, 2.75) is 51.2 Å². The third-order valence-corrected chi connectivity index (χ3v) is 8.68. The number of sulfone groups is 1. The molecule has 1 aromatic rings. The first kappa shape index (κ1) is 19.6. The molecule has 0 spiro atoms. The molecule has 0 aromatic heterocycles. The molecule has 0 saturated heterocycles. The lowest BCUT2D eigenvalue weighted by Gasteiger charge is -2.31. The molecule has 0 bridgehead atoms. The van der Waals surface area contributed by atoms with Crippen molar-refractivity contribution in [1.82, 2.24) is 0 Å². The third-order valence-electron chi connectivity index (χ3n) is 5.65. The molecule has 3 nitrogen and oxygen atoms in total. The molecule has 1 fully saturated rings. The molecular weight excluding hydrogens is 366 g/mol. The van der Waals surface area contributed by atoms with Crippen LogP contribution < -0.4 is 0 Å². The number of halogens is 1. The van der Waals surface area contributed by atoms with E-state index in [1.165, 1.54) is 5.57 Å². The third kappa shape index (κ3) is 4.40. The fourth-order valence-corrected chi connectivity index (χ4v) is 5.33. The van der Waals surface area contributed by atoms with E-state index in [1.54, 1.807) is 20.8 Å². The monoisotopic (exact) mass is 393 g/mol. The van der Waals surface area contributed by atoms with Gasteiger partial charge in [-0.3, -0.25) is 4.99 Å². The summed E-state index contributed by atoms with van der Waals surface area (Å²) in [4.78, 5) is 4.69. The van der Waals surface area contributed by atoms with E-state index in [-0.39, 0.29) is 0 Å². The summed E-state index contributed by atoms with van der Waals surface area (Å²) in [6.07, 6.45) is 6.35. The molecule has 0 amide bonds. The van der Waals surface area contributed by atoms with Gasteiger partial charge in [-0.15, -0.1) is 0 Å². The summed E-state index contributed by atoms with van der Waals surface area (Å²) in [6, 6.07) is 7.81. The highest BCUT2D eigenvalue weighted by Crippen LogP contribution is 2.36. The number of allylic oxidation sites excluding steroid dienone is 1. The Kier molecular flexibility index (Phi) is 5.64. The van der Waals surface area contributed by atoms with E-state index in [0.29, 0.717) is 17.6 Å². The van der Waals surface area contributed by atoms with Crippen LogP contribution in [0.4, 0.5) is 0 Å². The van der Waals surface area contributed by atoms with Crippen molar-refractivity contribution in [1.29, 1.82) is 0 Å². The van der Waals surface area contributed by atoms with Crippen LogP contribution in [-0.4, -0.2) is 31.2 Å². The van der Waals surface area contributed by atoms with Crippen LogP contribution in [0.3, 0.4) is 0 Å². The van der Waals surface area contributed by atoms with Gasteiger partial charge in [-0.2, -0.15) is 0 Å². The molecule has 3 rings (SSSR count). The quantitative estimate of drug-likeness (QED) is 0.715. The van der Waals surface area contributed by atoms with Crippen LogP contribution >= 0.6 is 11.6 Å². The van der Waals surface area contributed by atoms with Crippen LogP contribution in [-0.2, 0) is 9.84 Å². The molecule has 1 aliphatic carbocycles. The second kappa shape index (κ2) is 7.47. The molecule has 0 N–H and O–H groups in total. The number of benzene rings is 1. The van der Waals surface area contributed by atoms with Crippen LogP contribution in [0.5, 0.6) is 0 Å². The minimum atomic E-state index is -3.03. The maximum Gasteiger partial charge on any atom is 0.155 e. The Morgan fingerprint density at radius 1 is 1.08 bits per heavy atom. The summed E-state index contributed by atoms with van der Waals surface area (Å²) in [5, 5.41) is 0.736. The second-order valence-electron chi connectivity index (χ2n) is 8.54. The summed E-state index contributed by atoms with van der Waals surface area (Å²) < 4.78 is 24.2. The fraction of sp³-hybridized carbons (Fsp3) is 0.571. The van der Waals surface area contributed by atoms with E-state index in [4.69, 9.17) is 11.6 Å². The predicted molar refractivity (Wildman–Crippen MR) is 110 cm³/mol. The Bertz CT molecular complexity index is 809. The van der Waals surface area contributed by atoms with Crippen molar-refractivity contribution in [3.8, 4) is 0 Å². The number of hydrogen-bond acceptors (Lipinski definition) is 3. The summed E-state index contributed by atoms with van der Waals surface area (Å²) in [5.74, 6) is 1.17. The minimum absolute atomic E-state index is 0.300. The zero-order chi connectivity index (χ0) is 18.9. The van der Waals surface area contributed by atoms with E-state index in [1.807, 2.05) is 24.3 Å². The molecular formula is C21H28ClNO2S. The van der Waals surface area contributed by atoms with Crippen LogP contribution in [0.25, 0.3) is 0 Å². The van der Waals surface area contributed by atoms with Gasteiger partial charge in [0.1, 0.15) is 0 Å². The van der Waals surface area contributed by atoms with Gasteiger partial charge in [0.2, 0.25) is 0 Å². The Hall–Kier alpha value is -1.13. The fourth-order valence-electron chi connectivity index (χ4n) is 3.75. The number of rotatable bonds is 4. The predicted octanol–water partition coefficient (Wildman–Crippen LogP) is 5.09. The Morgan fingerprint density at radius 3 is 2.27 bits per heavy atom. The molecule has 1 aromatic carbocycles. The highest BCUT2D eigenvalue weighted by Gasteiger charge is 2.34. The number of aliphatic imine (C=N–C) groups is 1. The van der Waals surface area contributed by atoms with Crippen molar-refractivity contribution in [3.05, 3.63) is 46.5 Å². The lowest BCUT2D eigenvalue weighted by atomic mass is 9.79. The van der Waals surface area contributed by atoms with E-state index in [2.05, 4.69) is 11.1 Å². The summed E-state index contributed by atoms with van der Waals surface area (Å²) in [5.41, 5.74) is 3.54. The van der Waals surface area contributed by atoms with Crippen LogP contribution in [0.15, 0.2) is 40.9 Å². The molecule has 0 unspecified atom stereocenters. The smallest absolute Gasteiger partial charge is 0.155 e. The standard InChI is InChI=1S/C21H28ClNO2S/c1-21(2,3)26(24,25)14-15-4-6-16(7-5-15)18-12-20(23-13-18)17-8-10-19(22)11-9-17/h8-12,15-16H,4-7,13-14H2,1-3H3. The average Bonchev–Trinajstić information content (AvgIpc) is 3.05. The maximum atomic E-state index is 12.4. The van der Waals surface area contributed by atoms with Crippen molar-refractivity contribution in [3.63, 3.8) is 0 Å². The molecule has 0 atom stereocenters. The number of hydrogen-bond donors (Lipinski definition) is 0. The van der Waals surface area contributed by atoms with Gasteiger partial charge in [0.15, 0.2) is 9.84 Å². The van der Waals surface area contributed by atoms with E-state index in [9.17, 15) is 8.42 Å². The van der Waals surface area contributed by atoms with Crippen molar-refractivity contribution in [2.24, 2.45) is 16.8 Å². The lowest BCUT2D eigenvalue weighted by Crippen LogP contribution is -2.34. The van der Waals surface area contributed by atoms with Gasteiger partial charge in [0.05, 0.1) is 22.8 Å². The van der Waals surface area contributed by atoms with Gasteiger partial charge >= 0.3 is 0 Å². The molecule has 26 heavy (non-hydrogen) atoms. The molecule has 2 aliphatic rings. The summed E-state index contributed by atoms with van der Waals surface area (Å²) in [6.45, 7) is 6.17. The van der Waals surface area contributed by atoms with Gasteiger partial charge in [0, 0.05) is 5.02 Å². The maximum absolute atomic E-state index is 12.4. The van der Waals surface area contributed by atoms with Crippen LogP contribution in [0, 0.1) is 11.8 Å². The number of nitrogens with zero attached hydrogens (tertiary/aromatic N) is 1. The summed E-state index contributed by atoms with van der Waals surface area (Å²) >= 11 is 5.96. The topological polar surface area (TPSA) is 46.5 Å². The van der Waals surface area contributed by atoms with Crippen LogP contribution in [0.1, 0.15) is 52.0 Å². The van der Waals surface area contributed by atoms with Gasteiger partial charge < -0.3 is 0 Å². The second-order valence-corrected chi connectivity index (χ2v) is 11.8. The van der Waals surface area contributed by atoms with Crippen molar-refractivity contribution < 1.29 is 8.42 Å². The molecule has 1 heterocycles. The summed E-state index contributed by atoms with van der Waals surface area (Å²) in [7, 11) is -3.03. The normalized spacial score (nSPS) is 24.3. The molecule has 1 saturated carbocycles. The molecule has 142 valence electrons. The molecule has 0 radical (unpaired) electrons. The average molecular weight is 394 g/mol. The zero-order valence-corrected chi connectivity index (χ0v) is 17.4. The van der Waals surface area contributed by atoms with Crippen molar-refractivity contribution in [2.75, 3.05) is 12.3 Å². The van der Waals surface area contributed by atoms with E-state index >= 15 is 0 Å². The SMILES string of the molecule is CC(C)(C)S(=O)(=O)CC1CCC(C2=CC(c3ccc(Cl)cc3)=NC2)CC1. The lowest BCUT2D eigenvalue weighted by molar-refractivity contribution is 0.319. The molecule has 5 heteroatoms. The minimum Gasteiger partial charge on any atom is -0.280 e. The first-order chi connectivity index (χ1) is 12.2. The Labute approximate surface area is 162 Å². The van der Waals surface area contributed by atoms with Crippen LogP contribution in [0.2, 0.25) is 5.02 Å². The first-order valence-corrected chi connectivity index (χ1v) is 11.4. The van der Waals surface area contributed by atoms with E-state index in [0.717, 1.165) is 48.5 Å². The zero-order valence-electron chi connectivity index (χ0n) is 15.8. The highest BCUT2D eigenvalue weighted by molar-refractivity contribution is 7.92. The van der Waals surface area contributed by atoms with Gasteiger partial charge in [-0.05, 0) is 87.6 Å². The Balaban J connectivity index is 1.58. The Morgan fingerprint density at radius 2 is 1.69 bits per heavy atom. The highest BCUT2D eigenvalue weighted by atomic mass is 35.5.